The van der Waals surface area contributed by atoms with Gasteiger partial charge in [-0.05, 0) is 6.07 Å². The van der Waals surface area contributed by atoms with Crippen molar-refractivity contribution in [3.05, 3.63) is 16.5 Å². The first kappa shape index (κ1) is 11.5. The standard InChI is InChI=1S/C11H13N3O3S/c15-9-7-5-8(18-10(7)13-6-12-9)11(16)17-4-3-14-1-2-14/h5,13H,1-4,6H2,(H,12,15). The molecule has 1 fully saturated rings. The number of hydrogen-bond donors (Lipinski definition) is 2. The highest BCUT2D eigenvalue weighted by atomic mass is 32.1. The zero-order chi connectivity index (χ0) is 12.5. The second kappa shape index (κ2) is 4.58. The minimum absolute atomic E-state index is 0.150. The van der Waals surface area contributed by atoms with E-state index >= 15 is 0 Å². The third-order valence-corrected chi connectivity index (χ3v) is 3.93. The second-order valence-electron chi connectivity index (χ2n) is 4.19. The summed E-state index contributed by atoms with van der Waals surface area (Å²) in [6.45, 7) is 3.77. The lowest BCUT2D eigenvalue weighted by Gasteiger charge is -2.13. The molecular weight excluding hydrogens is 254 g/mol. The van der Waals surface area contributed by atoms with Gasteiger partial charge in [-0.2, -0.15) is 0 Å². The van der Waals surface area contributed by atoms with Gasteiger partial charge in [0.15, 0.2) is 0 Å². The number of nitrogens with one attached hydrogen (secondary N) is 2. The fourth-order valence-corrected chi connectivity index (χ4v) is 2.67. The van der Waals surface area contributed by atoms with Gasteiger partial charge in [0, 0.05) is 19.6 Å². The number of amides is 1. The summed E-state index contributed by atoms with van der Waals surface area (Å²) in [7, 11) is 0. The largest absolute Gasteiger partial charge is 0.460 e. The highest BCUT2D eigenvalue weighted by molar-refractivity contribution is 7.18. The maximum atomic E-state index is 11.8. The molecular formula is C11H13N3O3S. The molecule has 3 rings (SSSR count). The number of carbonyl (C=O) groups is 2. The van der Waals surface area contributed by atoms with Gasteiger partial charge < -0.3 is 15.4 Å². The van der Waals surface area contributed by atoms with E-state index in [9.17, 15) is 9.59 Å². The topological polar surface area (TPSA) is 70.4 Å². The van der Waals surface area contributed by atoms with Crippen molar-refractivity contribution in [2.45, 2.75) is 0 Å². The Morgan fingerprint density at radius 3 is 3.00 bits per heavy atom. The van der Waals surface area contributed by atoms with Crippen molar-refractivity contribution < 1.29 is 14.3 Å². The van der Waals surface area contributed by atoms with Crippen molar-refractivity contribution >= 4 is 28.2 Å². The smallest absolute Gasteiger partial charge is 0.348 e. The van der Waals surface area contributed by atoms with Gasteiger partial charge in [-0.3, -0.25) is 9.69 Å². The molecule has 2 aliphatic rings. The Hall–Kier alpha value is -1.60. The number of rotatable bonds is 4. The molecule has 0 atom stereocenters. The highest BCUT2D eigenvalue weighted by Crippen LogP contribution is 2.30. The molecule has 7 heteroatoms. The Balaban J connectivity index is 1.64. The minimum Gasteiger partial charge on any atom is -0.460 e. The molecule has 0 aromatic carbocycles. The minimum atomic E-state index is -0.356. The molecule has 0 spiro atoms. The molecule has 3 heterocycles. The van der Waals surface area contributed by atoms with E-state index < -0.39 is 0 Å². The maximum Gasteiger partial charge on any atom is 0.348 e. The van der Waals surface area contributed by atoms with Crippen LogP contribution >= 0.6 is 11.3 Å². The normalized spacial score (nSPS) is 17.7. The molecule has 96 valence electrons. The summed E-state index contributed by atoms with van der Waals surface area (Å²) in [5.74, 6) is -0.506. The fourth-order valence-electron chi connectivity index (χ4n) is 1.72. The van der Waals surface area contributed by atoms with E-state index in [0.29, 0.717) is 23.7 Å². The number of esters is 1. The van der Waals surface area contributed by atoms with Crippen LogP contribution in [0.4, 0.5) is 5.00 Å². The van der Waals surface area contributed by atoms with Crippen molar-refractivity contribution in [1.82, 2.24) is 10.2 Å². The monoisotopic (exact) mass is 267 g/mol. The van der Waals surface area contributed by atoms with Crippen LogP contribution in [-0.4, -0.2) is 49.7 Å². The maximum absolute atomic E-state index is 11.8. The van der Waals surface area contributed by atoms with E-state index in [1.54, 1.807) is 6.07 Å². The molecule has 1 saturated heterocycles. The van der Waals surface area contributed by atoms with Crippen LogP contribution in [0.2, 0.25) is 0 Å². The molecule has 6 nitrogen and oxygen atoms in total. The lowest BCUT2D eigenvalue weighted by atomic mass is 10.2. The van der Waals surface area contributed by atoms with E-state index in [1.165, 1.54) is 11.3 Å². The van der Waals surface area contributed by atoms with Crippen LogP contribution in [0.5, 0.6) is 0 Å². The quantitative estimate of drug-likeness (QED) is 0.608. The predicted octanol–water partition coefficient (Wildman–Crippen LogP) is 0.333. The molecule has 1 amide bonds. The van der Waals surface area contributed by atoms with Gasteiger partial charge in [0.25, 0.3) is 5.91 Å². The van der Waals surface area contributed by atoms with Crippen molar-refractivity contribution in [1.29, 1.82) is 0 Å². The van der Waals surface area contributed by atoms with Gasteiger partial charge >= 0.3 is 5.97 Å². The van der Waals surface area contributed by atoms with Gasteiger partial charge in [0.05, 0.1) is 12.2 Å². The lowest BCUT2D eigenvalue weighted by Crippen LogP contribution is -2.33. The predicted molar refractivity (Wildman–Crippen MR) is 67.0 cm³/mol. The van der Waals surface area contributed by atoms with Crippen LogP contribution in [0, 0.1) is 0 Å². The Kier molecular flexibility index (Phi) is 2.92. The summed E-state index contributed by atoms with van der Waals surface area (Å²) >= 11 is 1.26. The van der Waals surface area contributed by atoms with Crippen molar-refractivity contribution in [2.75, 3.05) is 38.2 Å². The van der Waals surface area contributed by atoms with E-state index in [2.05, 4.69) is 15.5 Å². The fraction of sp³-hybridized carbons (Fsp3) is 0.455. The Bertz CT molecular complexity index is 496. The van der Waals surface area contributed by atoms with Crippen LogP contribution in [0.3, 0.4) is 0 Å². The van der Waals surface area contributed by atoms with Crippen molar-refractivity contribution in [3.63, 3.8) is 0 Å². The third kappa shape index (κ3) is 2.32. The molecule has 18 heavy (non-hydrogen) atoms. The number of anilines is 1. The summed E-state index contributed by atoms with van der Waals surface area (Å²) in [6, 6.07) is 1.58. The lowest BCUT2D eigenvalue weighted by molar-refractivity contribution is 0.0500. The van der Waals surface area contributed by atoms with Gasteiger partial charge in [-0.15, -0.1) is 11.3 Å². The summed E-state index contributed by atoms with van der Waals surface area (Å²) in [4.78, 5) is 26.0. The summed E-state index contributed by atoms with van der Waals surface area (Å²) in [5.41, 5.74) is 0.518. The molecule has 0 bridgehead atoms. The van der Waals surface area contributed by atoms with E-state index in [1.807, 2.05) is 0 Å². The second-order valence-corrected chi connectivity index (χ2v) is 5.24. The molecule has 1 aromatic rings. The number of carbonyl (C=O) groups excluding carboxylic acids is 2. The Morgan fingerprint density at radius 1 is 1.44 bits per heavy atom. The molecule has 2 aliphatic heterocycles. The van der Waals surface area contributed by atoms with Crippen molar-refractivity contribution in [2.24, 2.45) is 0 Å². The van der Waals surface area contributed by atoms with Gasteiger partial charge in [-0.25, -0.2) is 4.79 Å². The molecule has 0 saturated carbocycles. The zero-order valence-electron chi connectivity index (χ0n) is 9.69. The number of thiophene rings is 1. The van der Waals surface area contributed by atoms with Gasteiger partial charge in [-0.1, -0.05) is 0 Å². The van der Waals surface area contributed by atoms with Crippen molar-refractivity contribution in [3.8, 4) is 0 Å². The molecule has 1 aromatic heterocycles. The first-order chi connectivity index (χ1) is 8.74. The number of hydrogen-bond acceptors (Lipinski definition) is 6. The van der Waals surface area contributed by atoms with Gasteiger partial charge in [0.1, 0.15) is 16.5 Å². The van der Waals surface area contributed by atoms with Crippen LogP contribution in [0.1, 0.15) is 20.0 Å². The Labute approximate surface area is 108 Å². The average molecular weight is 267 g/mol. The number of nitrogens with zero attached hydrogens (tertiary/aromatic N) is 1. The zero-order valence-corrected chi connectivity index (χ0v) is 10.5. The first-order valence-electron chi connectivity index (χ1n) is 5.79. The van der Waals surface area contributed by atoms with E-state index in [-0.39, 0.29) is 11.9 Å². The van der Waals surface area contributed by atoms with Crippen LogP contribution in [0.25, 0.3) is 0 Å². The Morgan fingerprint density at radius 2 is 2.28 bits per heavy atom. The highest BCUT2D eigenvalue weighted by Gasteiger charge is 2.23. The molecule has 2 N–H and O–H groups in total. The third-order valence-electron chi connectivity index (χ3n) is 2.86. The summed E-state index contributed by atoms with van der Waals surface area (Å²) < 4.78 is 5.16. The molecule has 0 aliphatic carbocycles. The molecule has 0 unspecified atom stereocenters. The van der Waals surface area contributed by atoms with Crippen LogP contribution in [-0.2, 0) is 4.74 Å². The van der Waals surface area contributed by atoms with E-state index in [0.717, 1.165) is 24.6 Å². The summed E-state index contributed by atoms with van der Waals surface area (Å²) in [6.07, 6.45) is 0. The van der Waals surface area contributed by atoms with Gasteiger partial charge in [0.2, 0.25) is 0 Å². The SMILES string of the molecule is O=C(OCCN1CC1)c1cc2c(s1)NCNC2=O. The van der Waals surface area contributed by atoms with Crippen LogP contribution < -0.4 is 10.6 Å². The first-order valence-corrected chi connectivity index (χ1v) is 6.61. The average Bonchev–Trinajstić information content (AvgIpc) is 3.06. The summed E-state index contributed by atoms with van der Waals surface area (Å²) in [5, 5.41) is 6.41. The molecule has 0 radical (unpaired) electrons. The van der Waals surface area contributed by atoms with Crippen LogP contribution in [0.15, 0.2) is 6.07 Å². The number of fused-ring (bicyclic) bond motifs is 1. The number of ether oxygens (including phenoxy) is 1. The van der Waals surface area contributed by atoms with E-state index in [4.69, 9.17) is 4.74 Å².